The minimum absolute atomic E-state index is 0. The fraction of sp³-hybridized carbons (Fsp3) is 0.769. The van der Waals surface area contributed by atoms with Crippen LogP contribution in [0.5, 0.6) is 0 Å². The van der Waals surface area contributed by atoms with Crippen molar-refractivity contribution in [2.45, 2.75) is 39.2 Å². The number of amides is 1. The molecule has 1 heterocycles. The van der Waals surface area contributed by atoms with Crippen LogP contribution >= 0.6 is 12.4 Å². The molecule has 1 fully saturated rings. The maximum absolute atomic E-state index is 12.1. The molecule has 0 bridgehead atoms. The van der Waals surface area contributed by atoms with Gasteiger partial charge < -0.3 is 10.6 Å². The van der Waals surface area contributed by atoms with Crippen molar-refractivity contribution in [2.24, 2.45) is 17.6 Å². The molecule has 17 heavy (non-hydrogen) atoms. The third-order valence-electron chi connectivity index (χ3n) is 3.73. The Hall–Kier alpha value is -0.540. The molecule has 0 aromatic carbocycles. The molecule has 4 heteroatoms. The molecule has 1 aliphatic rings. The number of hydrogen-bond donors (Lipinski definition) is 1. The third-order valence-corrected chi connectivity index (χ3v) is 3.73. The van der Waals surface area contributed by atoms with Crippen molar-refractivity contribution in [3.8, 4) is 0 Å². The van der Waals surface area contributed by atoms with Crippen molar-refractivity contribution in [3.05, 3.63) is 12.7 Å². The second-order valence-electron chi connectivity index (χ2n) is 4.81. The van der Waals surface area contributed by atoms with Crippen LogP contribution in [0.2, 0.25) is 0 Å². The van der Waals surface area contributed by atoms with Gasteiger partial charge >= 0.3 is 0 Å². The number of allylic oxidation sites excluding steroid dienone is 1. The van der Waals surface area contributed by atoms with E-state index >= 15 is 0 Å². The monoisotopic (exact) mass is 260 g/mol. The molecule has 0 aliphatic carbocycles. The van der Waals surface area contributed by atoms with Crippen molar-refractivity contribution < 1.29 is 4.79 Å². The Balaban J connectivity index is 0.00000256. The fourth-order valence-corrected chi connectivity index (χ4v) is 2.06. The average Bonchev–Trinajstić information content (AvgIpc) is 2.36. The van der Waals surface area contributed by atoms with E-state index in [1.54, 1.807) is 0 Å². The molecule has 0 radical (unpaired) electrons. The molecule has 0 aromatic heterocycles. The number of rotatable bonds is 4. The molecule has 1 amide bonds. The summed E-state index contributed by atoms with van der Waals surface area (Å²) in [7, 11) is 0. The van der Waals surface area contributed by atoms with Gasteiger partial charge in [0.1, 0.15) is 0 Å². The van der Waals surface area contributed by atoms with Gasteiger partial charge in [-0.05, 0) is 24.7 Å². The smallest absolute Gasteiger partial charge is 0.239 e. The first-order valence-electron chi connectivity index (χ1n) is 6.27. The minimum atomic E-state index is -0.328. The van der Waals surface area contributed by atoms with Gasteiger partial charge in [0, 0.05) is 13.1 Å². The summed E-state index contributed by atoms with van der Waals surface area (Å²) in [5.74, 6) is 0.963. The minimum Gasteiger partial charge on any atom is -0.341 e. The maximum atomic E-state index is 12.1. The van der Waals surface area contributed by atoms with Crippen LogP contribution in [-0.2, 0) is 4.79 Å². The third kappa shape index (κ3) is 4.32. The Kier molecular flexibility index (Phi) is 7.48. The molecule has 1 aliphatic heterocycles. The predicted molar refractivity (Wildman–Crippen MR) is 74.2 cm³/mol. The van der Waals surface area contributed by atoms with Gasteiger partial charge in [0.2, 0.25) is 5.91 Å². The number of halogens is 1. The van der Waals surface area contributed by atoms with Gasteiger partial charge in [-0.25, -0.2) is 0 Å². The van der Waals surface area contributed by atoms with Crippen molar-refractivity contribution in [3.63, 3.8) is 0 Å². The van der Waals surface area contributed by atoms with E-state index in [1.807, 2.05) is 17.9 Å². The van der Waals surface area contributed by atoms with Crippen molar-refractivity contribution in [2.75, 3.05) is 13.1 Å². The summed E-state index contributed by atoms with van der Waals surface area (Å²) >= 11 is 0. The van der Waals surface area contributed by atoms with E-state index in [2.05, 4.69) is 13.5 Å². The van der Waals surface area contributed by atoms with E-state index in [0.29, 0.717) is 5.92 Å². The molecule has 100 valence electrons. The Labute approximate surface area is 111 Å². The molecule has 2 atom stereocenters. The summed E-state index contributed by atoms with van der Waals surface area (Å²) in [6, 6.07) is -0.328. The number of hydrogen-bond acceptors (Lipinski definition) is 2. The maximum Gasteiger partial charge on any atom is 0.239 e. The lowest BCUT2D eigenvalue weighted by atomic mass is 9.94. The molecule has 0 saturated carbocycles. The summed E-state index contributed by atoms with van der Waals surface area (Å²) < 4.78 is 0. The van der Waals surface area contributed by atoms with Crippen LogP contribution in [0.4, 0.5) is 0 Å². The Bertz CT molecular complexity index is 250. The zero-order valence-corrected chi connectivity index (χ0v) is 11.7. The zero-order chi connectivity index (χ0) is 12.1. The van der Waals surface area contributed by atoms with E-state index in [0.717, 1.165) is 32.4 Å². The Morgan fingerprint density at radius 3 is 2.47 bits per heavy atom. The molecule has 2 unspecified atom stereocenters. The number of likely N-dealkylation sites (tertiary alicyclic amines) is 1. The second kappa shape index (κ2) is 7.72. The number of piperidine rings is 1. The lowest BCUT2D eigenvalue weighted by Gasteiger charge is -2.33. The molecular formula is C13H25ClN2O. The van der Waals surface area contributed by atoms with E-state index in [9.17, 15) is 4.79 Å². The average molecular weight is 261 g/mol. The van der Waals surface area contributed by atoms with E-state index in [1.165, 1.54) is 0 Å². The van der Waals surface area contributed by atoms with Crippen molar-refractivity contribution >= 4 is 18.3 Å². The number of carbonyl (C=O) groups excluding carboxylic acids is 1. The summed E-state index contributed by atoms with van der Waals surface area (Å²) in [4.78, 5) is 14.0. The number of nitrogens with zero attached hydrogens (tertiary/aromatic N) is 1. The van der Waals surface area contributed by atoms with Crippen LogP contribution in [0.1, 0.15) is 33.1 Å². The molecular weight excluding hydrogens is 236 g/mol. The molecule has 3 nitrogen and oxygen atoms in total. The number of carbonyl (C=O) groups is 1. The first-order chi connectivity index (χ1) is 7.60. The normalized spacial score (nSPS) is 20.3. The Morgan fingerprint density at radius 2 is 2.06 bits per heavy atom. The van der Waals surface area contributed by atoms with E-state index in [-0.39, 0.29) is 30.3 Å². The molecule has 0 aromatic rings. The molecule has 1 saturated heterocycles. The predicted octanol–water partition coefficient (Wildman–Crippen LogP) is 2.21. The van der Waals surface area contributed by atoms with Gasteiger partial charge in [0.15, 0.2) is 0 Å². The first kappa shape index (κ1) is 16.5. The highest BCUT2D eigenvalue weighted by atomic mass is 35.5. The van der Waals surface area contributed by atoms with Crippen molar-refractivity contribution in [1.82, 2.24) is 4.90 Å². The quantitative estimate of drug-likeness (QED) is 0.788. The van der Waals surface area contributed by atoms with Crippen LogP contribution < -0.4 is 5.73 Å². The largest absolute Gasteiger partial charge is 0.341 e. The van der Waals surface area contributed by atoms with Gasteiger partial charge in [0.05, 0.1) is 6.04 Å². The summed E-state index contributed by atoms with van der Waals surface area (Å²) in [6.45, 7) is 9.58. The lowest BCUT2D eigenvalue weighted by molar-refractivity contribution is -0.134. The Morgan fingerprint density at radius 1 is 1.53 bits per heavy atom. The summed E-state index contributed by atoms with van der Waals surface area (Å²) in [6.07, 6.45) is 5.01. The topological polar surface area (TPSA) is 46.3 Å². The molecule has 2 N–H and O–H groups in total. The van der Waals surface area contributed by atoms with Crippen LogP contribution in [-0.4, -0.2) is 29.9 Å². The summed E-state index contributed by atoms with van der Waals surface area (Å²) in [5, 5.41) is 0. The zero-order valence-electron chi connectivity index (χ0n) is 10.9. The lowest BCUT2D eigenvalue weighted by Crippen LogP contribution is -2.49. The molecule has 0 spiro atoms. The van der Waals surface area contributed by atoms with Gasteiger partial charge in [-0.3, -0.25) is 4.79 Å². The van der Waals surface area contributed by atoms with Gasteiger partial charge in [-0.15, -0.1) is 19.0 Å². The van der Waals surface area contributed by atoms with Crippen LogP contribution in [0, 0.1) is 11.8 Å². The van der Waals surface area contributed by atoms with E-state index in [4.69, 9.17) is 5.73 Å². The van der Waals surface area contributed by atoms with Crippen LogP contribution in [0.15, 0.2) is 12.7 Å². The van der Waals surface area contributed by atoms with Gasteiger partial charge in [-0.2, -0.15) is 0 Å². The van der Waals surface area contributed by atoms with Crippen molar-refractivity contribution in [1.29, 1.82) is 0 Å². The second-order valence-corrected chi connectivity index (χ2v) is 4.81. The highest BCUT2D eigenvalue weighted by molar-refractivity contribution is 5.85. The standard InChI is InChI=1S/C13H24N2O.ClH/c1-4-10(3)12(14)13(16)15-8-6-11(5-2)7-9-15;/h5,10-12H,2,4,6-9,14H2,1,3H3;1H. The van der Waals surface area contributed by atoms with Crippen LogP contribution in [0.25, 0.3) is 0 Å². The SMILES string of the molecule is C=CC1CCN(C(=O)C(N)C(C)CC)CC1.Cl. The highest BCUT2D eigenvalue weighted by Gasteiger charge is 2.27. The van der Waals surface area contributed by atoms with Crippen LogP contribution in [0.3, 0.4) is 0 Å². The van der Waals surface area contributed by atoms with Gasteiger partial charge in [0.25, 0.3) is 0 Å². The van der Waals surface area contributed by atoms with Gasteiger partial charge in [-0.1, -0.05) is 26.3 Å². The first-order valence-corrected chi connectivity index (χ1v) is 6.27. The fourth-order valence-electron chi connectivity index (χ4n) is 2.06. The van der Waals surface area contributed by atoms with E-state index < -0.39 is 0 Å². The molecule has 1 rings (SSSR count). The number of nitrogens with two attached hydrogens (primary N) is 1. The highest BCUT2D eigenvalue weighted by Crippen LogP contribution is 2.19. The summed E-state index contributed by atoms with van der Waals surface area (Å²) in [5.41, 5.74) is 5.96.